The Morgan fingerprint density at radius 2 is 1.87 bits per heavy atom. The molecule has 1 aliphatic carbocycles. The Morgan fingerprint density at radius 3 is 2.52 bits per heavy atom. The van der Waals surface area contributed by atoms with Gasteiger partial charge in [-0.15, -0.1) is 0 Å². The van der Waals surface area contributed by atoms with Gasteiger partial charge in [0.2, 0.25) is 5.91 Å². The Morgan fingerprint density at radius 1 is 1.17 bits per heavy atom. The van der Waals surface area contributed by atoms with Crippen molar-refractivity contribution in [2.24, 2.45) is 0 Å². The Labute approximate surface area is 140 Å². The standard InChI is InChI=1S/C18H21ClN2O2/c1-12(22)21-11-16(15-10-13(19)8-9-17(15)21)18(23)20-14-6-4-2-3-5-7-14/h8-11,14H,2-7H2,1H3,(H,20,23). The smallest absolute Gasteiger partial charge is 0.253 e. The maximum Gasteiger partial charge on any atom is 0.253 e. The lowest BCUT2D eigenvalue weighted by molar-refractivity contribution is 0.0935. The van der Waals surface area contributed by atoms with Gasteiger partial charge >= 0.3 is 0 Å². The first-order valence-corrected chi connectivity index (χ1v) is 8.56. The predicted octanol–water partition coefficient (Wildman–Crippen LogP) is 4.41. The summed E-state index contributed by atoms with van der Waals surface area (Å²) in [6, 6.07) is 5.48. The van der Waals surface area contributed by atoms with E-state index in [1.165, 1.54) is 24.3 Å². The van der Waals surface area contributed by atoms with Crippen molar-refractivity contribution in [2.75, 3.05) is 0 Å². The first-order valence-electron chi connectivity index (χ1n) is 8.18. The fraction of sp³-hybridized carbons (Fsp3) is 0.444. The van der Waals surface area contributed by atoms with Gasteiger partial charge in [-0.25, -0.2) is 0 Å². The zero-order valence-corrected chi connectivity index (χ0v) is 14.0. The number of fused-ring (bicyclic) bond motifs is 1. The van der Waals surface area contributed by atoms with E-state index in [1.807, 2.05) is 0 Å². The van der Waals surface area contributed by atoms with Crippen LogP contribution in [0.2, 0.25) is 5.02 Å². The number of aromatic nitrogens is 1. The normalized spacial score (nSPS) is 16.3. The van der Waals surface area contributed by atoms with Crippen LogP contribution in [0.15, 0.2) is 24.4 Å². The fourth-order valence-electron chi connectivity index (χ4n) is 3.33. The number of amides is 1. The van der Waals surface area contributed by atoms with Gasteiger partial charge in [-0.3, -0.25) is 14.2 Å². The minimum absolute atomic E-state index is 0.120. The van der Waals surface area contributed by atoms with Crippen molar-refractivity contribution in [2.45, 2.75) is 51.5 Å². The summed E-state index contributed by atoms with van der Waals surface area (Å²) in [5, 5.41) is 4.41. The second kappa shape index (κ2) is 6.75. The first-order chi connectivity index (χ1) is 11.1. The highest BCUT2D eigenvalue weighted by molar-refractivity contribution is 6.31. The van der Waals surface area contributed by atoms with Gasteiger partial charge < -0.3 is 5.32 Å². The molecule has 1 aromatic heterocycles. The summed E-state index contributed by atoms with van der Waals surface area (Å²) in [7, 11) is 0. The van der Waals surface area contributed by atoms with E-state index in [2.05, 4.69) is 5.32 Å². The van der Waals surface area contributed by atoms with E-state index in [-0.39, 0.29) is 17.9 Å². The number of carbonyl (C=O) groups is 2. The summed E-state index contributed by atoms with van der Waals surface area (Å²) in [5.41, 5.74) is 1.23. The zero-order valence-electron chi connectivity index (χ0n) is 13.3. The molecular weight excluding hydrogens is 312 g/mol. The minimum Gasteiger partial charge on any atom is -0.349 e. The topological polar surface area (TPSA) is 51.1 Å². The number of halogens is 1. The number of nitrogens with zero attached hydrogens (tertiary/aromatic N) is 1. The van der Waals surface area contributed by atoms with Crippen LogP contribution in [0.4, 0.5) is 0 Å². The molecule has 3 rings (SSSR count). The third kappa shape index (κ3) is 3.42. The van der Waals surface area contributed by atoms with Crippen LogP contribution in [-0.2, 0) is 0 Å². The molecule has 4 nitrogen and oxygen atoms in total. The van der Waals surface area contributed by atoms with Gasteiger partial charge in [-0.1, -0.05) is 37.3 Å². The summed E-state index contributed by atoms with van der Waals surface area (Å²) in [5.74, 6) is -0.241. The maximum absolute atomic E-state index is 12.7. The molecule has 0 bridgehead atoms. The average Bonchev–Trinajstić information content (AvgIpc) is 2.69. The Hall–Kier alpha value is -1.81. The summed E-state index contributed by atoms with van der Waals surface area (Å²) in [4.78, 5) is 24.5. The van der Waals surface area contributed by atoms with Gasteiger partial charge in [0.1, 0.15) is 0 Å². The van der Waals surface area contributed by atoms with E-state index < -0.39 is 0 Å². The number of carbonyl (C=O) groups excluding carboxylic acids is 2. The van der Waals surface area contributed by atoms with E-state index in [1.54, 1.807) is 24.4 Å². The van der Waals surface area contributed by atoms with Gasteiger partial charge in [0.25, 0.3) is 5.91 Å². The molecule has 5 heteroatoms. The van der Waals surface area contributed by atoms with Gasteiger partial charge in [-0.2, -0.15) is 0 Å². The highest BCUT2D eigenvalue weighted by Gasteiger charge is 2.20. The number of benzene rings is 1. The van der Waals surface area contributed by atoms with E-state index in [0.717, 1.165) is 31.1 Å². The van der Waals surface area contributed by atoms with Crippen LogP contribution in [0.5, 0.6) is 0 Å². The molecule has 0 spiro atoms. The lowest BCUT2D eigenvalue weighted by atomic mass is 10.1. The Kier molecular flexibility index (Phi) is 4.71. The van der Waals surface area contributed by atoms with Gasteiger partial charge in [0, 0.05) is 29.6 Å². The van der Waals surface area contributed by atoms with Crippen molar-refractivity contribution in [3.05, 3.63) is 35.0 Å². The SMILES string of the molecule is CC(=O)n1cc(C(=O)NC2CCCCCC2)c2cc(Cl)ccc21. The molecule has 0 saturated heterocycles. The largest absolute Gasteiger partial charge is 0.349 e. The maximum atomic E-state index is 12.7. The number of hydrogen-bond acceptors (Lipinski definition) is 2. The van der Waals surface area contributed by atoms with E-state index in [4.69, 9.17) is 11.6 Å². The zero-order chi connectivity index (χ0) is 16.4. The third-order valence-electron chi connectivity index (χ3n) is 4.54. The molecule has 0 aliphatic heterocycles. The number of rotatable bonds is 2. The monoisotopic (exact) mass is 332 g/mol. The highest BCUT2D eigenvalue weighted by Crippen LogP contribution is 2.26. The second-order valence-corrected chi connectivity index (χ2v) is 6.69. The summed E-state index contributed by atoms with van der Waals surface area (Å²) >= 11 is 6.07. The van der Waals surface area contributed by atoms with Crippen LogP contribution >= 0.6 is 11.6 Å². The minimum atomic E-state index is -0.121. The predicted molar refractivity (Wildman–Crippen MR) is 92.2 cm³/mol. The fourth-order valence-corrected chi connectivity index (χ4v) is 3.50. The van der Waals surface area contributed by atoms with Crippen LogP contribution < -0.4 is 5.32 Å². The van der Waals surface area contributed by atoms with Crippen LogP contribution in [0.3, 0.4) is 0 Å². The van der Waals surface area contributed by atoms with Crippen LogP contribution in [-0.4, -0.2) is 22.4 Å². The molecule has 0 radical (unpaired) electrons. The quantitative estimate of drug-likeness (QED) is 0.828. The van der Waals surface area contributed by atoms with Crippen molar-refractivity contribution in [3.8, 4) is 0 Å². The van der Waals surface area contributed by atoms with Crippen molar-refractivity contribution in [1.82, 2.24) is 9.88 Å². The summed E-state index contributed by atoms with van der Waals surface area (Å²) < 4.78 is 1.51. The third-order valence-corrected chi connectivity index (χ3v) is 4.78. The van der Waals surface area contributed by atoms with Gasteiger partial charge in [-0.05, 0) is 31.0 Å². The van der Waals surface area contributed by atoms with E-state index in [0.29, 0.717) is 16.1 Å². The molecule has 0 atom stereocenters. The molecule has 1 heterocycles. The van der Waals surface area contributed by atoms with E-state index >= 15 is 0 Å². The van der Waals surface area contributed by atoms with Crippen LogP contribution in [0.25, 0.3) is 10.9 Å². The Bertz CT molecular complexity index is 743. The van der Waals surface area contributed by atoms with Crippen molar-refractivity contribution in [3.63, 3.8) is 0 Å². The van der Waals surface area contributed by atoms with Gasteiger partial charge in [0.15, 0.2) is 0 Å². The molecule has 1 amide bonds. The molecule has 1 aromatic carbocycles. The lowest BCUT2D eigenvalue weighted by Gasteiger charge is -2.15. The molecule has 1 N–H and O–H groups in total. The van der Waals surface area contributed by atoms with Crippen molar-refractivity contribution in [1.29, 1.82) is 0 Å². The summed E-state index contributed by atoms with van der Waals surface area (Å²) in [6.45, 7) is 1.49. The number of nitrogens with one attached hydrogen (secondary N) is 1. The second-order valence-electron chi connectivity index (χ2n) is 6.26. The molecule has 2 aromatic rings. The van der Waals surface area contributed by atoms with Crippen LogP contribution in [0, 0.1) is 0 Å². The Balaban J connectivity index is 1.93. The van der Waals surface area contributed by atoms with E-state index in [9.17, 15) is 9.59 Å². The average molecular weight is 333 g/mol. The molecule has 1 fully saturated rings. The lowest BCUT2D eigenvalue weighted by Crippen LogP contribution is -2.34. The van der Waals surface area contributed by atoms with Crippen molar-refractivity contribution >= 4 is 34.3 Å². The molecule has 122 valence electrons. The molecule has 1 saturated carbocycles. The molecule has 1 aliphatic rings. The highest BCUT2D eigenvalue weighted by atomic mass is 35.5. The number of hydrogen-bond donors (Lipinski definition) is 1. The molecule has 0 unspecified atom stereocenters. The van der Waals surface area contributed by atoms with Crippen LogP contribution in [0.1, 0.15) is 60.6 Å². The van der Waals surface area contributed by atoms with Crippen molar-refractivity contribution < 1.29 is 9.59 Å². The molecular formula is C18H21ClN2O2. The molecule has 23 heavy (non-hydrogen) atoms. The first kappa shape index (κ1) is 16.1. The summed E-state index contributed by atoms with van der Waals surface area (Å²) in [6.07, 6.45) is 8.47. The van der Waals surface area contributed by atoms with Gasteiger partial charge in [0.05, 0.1) is 11.1 Å².